The fraction of sp³-hybridized carbons (Fsp3) is 0.333. The van der Waals surface area contributed by atoms with Gasteiger partial charge in [-0.15, -0.1) is 0 Å². The summed E-state index contributed by atoms with van der Waals surface area (Å²) in [5.74, 6) is 1.32. The monoisotopic (exact) mass is 290 g/mol. The zero-order valence-electron chi connectivity index (χ0n) is 12.3. The first-order chi connectivity index (χ1) is 10.2. The summed E-state index contributed by atoms with van der Waals surface area (Å²) >= 11 is 0. The molecule has 0 bridgehead atoms. The molecule has 21 heavy (non-hydrogen) atoms. The molecule has 2 rings (SSSR count). The van der Waals surface area contributed by atoms with Gasteiger partial charge in [-0.25, -0.2) is 4.98 Å². The summed E-state index contributed by atoms with van der Waals surface area (Å²) in [4.78, 5) is 16.5. The fourth-order valence-electron chi connectivity index (χ4n) is 1.99. The number of hydrogen-bond acceptors (Lipinski definition) is 5. The van der Waals surface area contributed by atoms with E-state index >= 15 is 0 Å². The first kappa shape index (κ1) is 14.9. The lowest BCUT2D eigenvalue weighted by atomic mass is 10.1. The van der Waals surface area contributed by atoms with Crippen LogP contribution in [0.3, 0.4) is 0 Å². The van der Waals surface area contributed by atoms with Gasteiger partial charge in [-0.3, -0.25) is 4.79 Å². The molecule has 0 saturated carbocycles. The molecule has 0 aliphatic carbocycles. The molecule has 6 heteroatoms. The van der Waals surface area contributed by atoms with Crippen molar-refractivity contribution in [2.45, 2.75) is 13.3 Å². The third-order valence-electron chi connectivity index (χ3n) is 2.99. The normalized spacial score (nSPS) is 10.2. The minimum Gasteiger partial charge on any atom is -0.496 e. The van der Waals surface area contributed by atoms with Crippen LogP contribution in [0.4, 0.5) is 0 Å². The Hall–Kier alpha value is -2.50. The summed E-state index contributed by atoms with van der Waals surface area (Å²) in [5.41, 5.74) is 1.19. The molecule has 2 aromatic rings. The zero-order valence-corrected chi connectivity index (χ0v) is 12.3. The zero-order chi connectivity index (χ0) is 15.2. The van der Waals surface area contributed by atoms with E-state index < -0.39 is 0 Å². The number of methoxy groups -OCH3 is 2. The first-order valence-electron chi connectivity index (χ1n) is 6.56. The summed E-state index contributed by atoms with van der Waals surface area (Å²) < 4.78 is 15.5. The van der Waals surface area contributed by atoms with Crippen LogP contribution in [0.25, 0.3) is 0 Å². The van der Waals surface area contributed by atoms with Gasteiger partial charge in [-0.1, -0.05) is 6.07 Å². The van der Waals surface area contributed by atoms with Crippen LogP contribution in [0.2, 0.25) is 0 Å². The highest BCUT2D eigenvalue weighted by atomic mass is 16.5. The molecule has 0 fully saturated rings. The molecule has 0 aliphatic rings. The highest BCUT2D eigenvalue weighted by Crippen LogP contribution is 2.27. The lowest BCUT2D eigenvalue weighted by Crippen LogP contribution is -2.26. The number of carbonyl (C=O) groups is 1. The molecule has 0 spiro atoms. The Balaban J connectivity index is 2.03. The van der Waals surface area contributed by atoms with Crippen molar-refractivity contribution in [1.29, 1.82) is 0 Å². The number of rotatable bonds is 6. The number of nitrogens with zero attached hydrogens (tertiary/aromatic N) is 1. The largest absolute Gasteiger partial charge is 0.496 e. The van der Waals surface area contributed by atoms with E-state index in [2.05, 4.69) is 10.3 Å². The average Bonchev–Trinajstić information content (AvgIpc) is 2.91. The number of aryl methyl sites for hydroxylation is 1. The van der Waals surface area contributed by atoms with Crippen LogP contribution in [0.15, 0.2) is 28.9 Å². The minimum atomic E-state index is -0.246. The van der Waals surface area contributed by atoms with Crippen molar-refractivity contribution in [2.75, 3.05) is 20.8 Å². The summed E-state index contributed by atoms with van der Waals surface area (Å²) in [6.07, 6.45) is 2.19. The van der Waals surface area contributed by atoms with Gasteiger partial charge in [-0.05, 0) is 12.1 Å². The predicted octanol–water partition coefficient (Wildman–Crippen LogP) is 1.97. The molecule has 0 radical (unpaired) electrons. The summed E-state index contributed by atoms with van der Waals surface area (Å²) in [5, 5.41) is 2.83. The molecule has 1 aromatic carbocycles. The van der Waals surface area contributed by atoms with Crippen molar-refractivity contribution in [3.05, 3.63) is 41.6 Å². The summed E-state index contributed by atoms with van der Waals surface area (Å²) in [7, 11) is 3.04. The quantitative estimate of drug-likeness (QED) is 0.880. The van der Waals surface area contributed by atoms with Crippen molar-refractivity contribution in [3.8, 4) is 11.5 Å². The number of ether oxygens (including phenoxy) is 2. The molecule has 1 amide bonds. The van der Waals surface area contributed by atoms with Gasteiger partial charge in [-0.2, -0.15) is 0 Å². The van der Waals surface area contributed by atoms with E-state index in [1.54, 1.807) is 31.4 Å². The second kappa shape index (κ2) is 6.78. The van der Waals surface area contributed by atoms with Crippen LogP contribution in [-0.4, -0.2) is 31.7 Å². The highest BCUT2D eigenvalue weighted by Gasteiger charge is 2.17. The van der Waals surface area contributed by atoms with E-state index in [0.717, 1.165) is 5.69 Å². The molecule has 1 heterocycles. The fourth-order valence-corrected chi connectivity index (χ4v) is 1.99. The van der Waals surface area contributed by atoms with Crippen LogP contribution >= 0.6 is 0 Å². The molecule has 1 aromatic heterocycles. The second-order valence-corrected chi connectivity index (χ2v) is 4.40. The number of oxazole rings is 1. The van der Waals surface area contributed by atoms with Crippen LogP contribution in [0, 0.1) is 6.92 Å². The smallest absolute Gasteiger partial charge is 0.258 e. The standard InChI is InChI=1S/C15H18N2O4/c1-10-17-11(9-21-10)7-8-16-15(18)14-12(19-2)5-4-6-13(14)20-3/h4-6,9H,7-8H2,1-3H3,(H,16,18). The molecule has 6 nitrogen and oxygen atoms in total. The molecule has 0 unspecified atom stereocenters. The molecule has 1 N–H and O–H groups in total. The Morgan fingerprint density at radius 3 is 2.48 bits per heavy atom. The van der Waals surface area contributed by atoms with E-state index in [1.807, 2.05) is 0 Å². The maximum Gasteiger partial charge on any atom is 0.258 e. The van der Waals surface area contributed by atoms with Crippen LogP contribution in [0.5, 0.6) is 11.5 Å². The number of amides is 1. The predicted molar refractivity (Wildman–Crippen MR) is 76.8 cm³/mol. The van der Waals surface area contributed by atoms with Crippen molar-refractivity contribution in [2.24, 2.45) is 0 Å². The molecule has 0 atom stereocenters. The SMILES string of the molecule is COc1cccc(OC)c1C(=O)NCCc1coc(C)n1. The first-order valence-corrected chi connectivity index (χ1v) is 6.56. The lowest BCUT2D eigenvalue weighted by molar-refractivity contribution is 0.0948. The molecule has 112 valence electrons. The van der Waals surface area contributed by atoms with E-state index in [1.165, 1.54) is 14.2 Å². The summed E-state index contributed by atoms with van der Waals surface area (Å²) in [6, 6.07) is 5.21. The van der Waals surface area contributed by atoms with Crippen LogP contribution < -0.4 is 14.8 Å². The van der Waals surface area contributed by atoms with Gasteiger partial charge < -0.3 is 19.2 Å². The van der Waals surface area contributed by atoms with Gasteiger partial charge >= 0.3 is 0 Å². The minimum absolute atomic E-state index is 0.246. The van der Waals surface area contributed by atoms with Crippen molar-refractivity contribution in [1.82, 2.24) is 10.3 Å². The van der Waals surface area contributed by atoms with E-state index in [0.29, 0.717) is 35.9 Å². The van der Waals surface area contributed by atoms with Crippen LogP contribution in [0.1, 0.15) is 21.9 Å². The van der Waals surface area contributed by atoms with Crippen molar-refractivity contribution < 1.29 is 18.7 Å². The Morgan fingerprint density at radius 2 is 1.95 bits per heavy atom. The van der Waals surface area contributed by atoms with Gasteiger partial charge in [0.1, 0.15) is 23.3 Å². The molecule has 0 saturated heterocycles. The Labute approximate surface area is 123 Å². The maximum absolute atomic E-state index is 12.3. The van der Waals surface area contributed by atoms with Gasteiger partial charge in [0.2, 0.25) is 0 Å². The molecular weight excluding hydrogens is 272 g/mol. The van der Waals surface area contributed by atoms with E-state index in [-0.39, 0.29) is 5.91 Å². The van der Waals surface area contributed by atoms with Crippen LogP contribution in [-0.2, 0) is 6.42 Å². The lowest BCUT2D eigenvalue weighted by Gasteiger charge is -2.12. The highest BCUT2D eigenvalue weighted by molar-refractivity contribution is 5.99. The molecule has 0 aliphatic heterocycles. The number of benzene rings is 1. The second-order valence-electron chi connectivity index (χ2n) is 4.40. The van der Waals surface area contributed by atoms with Gasteiger partial charge in [0, 0.05) is 19.9 Å². The Morgan fingerprint density at radius 1 is 1.29 bits per heavy atom. The Kier molecular flexibility index (Phi) is 4.81. The van der Waals surface area contributed by atoms with Crippen molar-refractivity contribution >= 4 is 5.91 Å². The van der Waals surface area contributed by atoms with Gasteiger partial charge in [0.25, 0.3) is 5.91 Å². The third-order valence-corrected chi connectivity index (χ3v) is 2.99. The van der Waals surface area contributed by atoms with E-state index in [9.17, 15) is 4.79 Å². The average molecular weight is 290 g/mol. The number of carbonyl (C=O) groups excluding carboxylic acids is 1. The number of nitrogens with one attached hydrogen (secondary N) is 1. The maximum atomic E-state index is 12.3. The third kappa shape index (κ3) is 3.53. The summed E-state index contributed by atoms with van der Waals surface area (Å²) in [6.45, 7) is 2.23. The Bertz CT molecular complexity index is 600. The van der Waals surface area contributed by atoms with Crippen molar-refractivity contribution in [3.63, 3.8) is 0 Å². The van der Waals surface area contributed by atoms with E-state index in [4.69, 9.17) is 13.9 Å². The van der Waals surface area contributed by atoms with Gasteiger partial charge in [0.05, 0.1) is 19.9 Å². The topological polar surface area (TPSA) is 73.6 Å². The molecular formula is C15H18N2O4. The van der Waals surface area contributed by atoms with Gasteiger partial charge in [0.15, 0.2) is 5.89 Å². The number of hydrogen-bond donors (Lipinski definition) is 1. The number of aromatic nitrogens is 1.